The van der Waals surface area contributed by atoms with Crippen molar-refractivity contribution >= 4 is 21.9 Å². The highest BCUT2D eigenvalue weighted by atomic mass is 16.3. The predicted molar refractivity (Wildman–Crippen MR) is 200 cm³/mol. The van der Waals surface area contributed by atoms with E-state index in [9.17, 15) is 0 Å². The molecule has 0 aliphatic heterocycles. The Morgan fingerprint density at radius 3 is 1.76 bits per heavy atom. The summed E-state index contributed by atoms with van der Waals surface area (Å²) in [5.41, 5.74) is 14.8. The first-order valence-corrected chi connectivity index (χ1v) is 17.5. The highest BCUT2D eigenvalue weighted by molar-refractivity contribution is 6.13. The summed E-state index contributed by atoms with van der Waals surface area (Å²) in [5, 5.41) is 2.22. The molecule has 3 heteroatoms. The van der Waals surface area contributed by atoms with Crippen molar-refractivity contribution < 1.29 is 4.42 Å². The second kappa shape index (κ2) is 11.1. The Morgan fingerprint density at radius 2 is 1.00 bits per heavy atom. The average molecular weight is 631 g/mol. The Hall–Kier alpha value is -5.80. The first-order chi connectivity index (χ1) is 24.3. The SMILES string of the molecule is c1ccc(-c2cc(-c3cccc4c3oc3c(-c5cccc6c5C5(CCCCC5)c5ccccc5-6)cccc34)nc(-c3ccccc3)n2)cc1. The van der Waals surface area contributed by atoms with Gasteiger partial charge in [-0.3, -0.25) is 0 Å². The van der Waals surface area contributed by atoms with E-state index < -0.39 is 0 Å². The molecule has 1 saturated carbocycles. The van der Waals surface area contributed by atoms with Crippen molar-refractivity contribution in [2.75, 3.05) is 0 Å². The lowest BCUT2D eigenvalue weighted by Crippen LogP contribution is -2.28. The summed E-state index contributed by atoms with van der Waals surface area (Å²) in [6.45, 7) is 0. The van der Waals surface area contributed by atoms with Crippen LogP contribution in [0.15, 0.2) is 150 Å². The van der Waals surface area contributed by atoms with Crippen molar-refractivity contribution in [2.45, 2.75) is 37.5 Å². The van der Waals surface area contributed by atoms with E-state index >= 15 is 0 Å². The first-order valence-electron chi connectivity index (χ1n) is 17.5. The molecule has 3 nitrogen and oxygen atoms in total. The Bertz CT molecular complexity index is 2470. The minimum absolute atomic E-state index is 0.0444. The average Bonchev–Trinajstić information content (AvgIpc) is 3.69. The van der Waals surface area contributed by atoms with Crippen LogP contribution in [0.3, 0.4) is 0 Å². The largest absolute Gasteiger partial charge is 0.455 e. The van der Waals surface area contributed by atoms with Crippen LogP contribution in [0, 0.1) is 0 Å². The van der Waals surface area contributed by atoms with Crippen LogP contribution < -0.4 is 0 Å². The lowest BCUT2D eigenvalue weighted by molar-refractivity contribution is 0.353. The zero-order chi connectivity index (χ0) is 32.4. The van der Waals surface area contributed by atoms with Gasteiger partial charge < -0.3 is 4.42 Å². The topological polar surface area (TPSA) is 38.9 Å². The lowest BCUT2D eigenvalue weighted by atomic mass is 9.66. The van der Waals surface area contributed by atoms with Gasteiger partial charge in [0, 0.05) is 38.4 Å². The molecular formula is C46H34N2O. The molecule has 0 radical (unpaired) electrons. The predicted octanol–water partition coefficient (Wildman–Crippen LogP) is 12.3. The van der Waals surface area contributed by atoms with Gasteiger partial charge >= 0.3 is 0 Å². The van der Waals surface area contributed by atoms with E-state index in [1.165, 1.54) is 59.9 Å². The molecule has 2 aliphatic carbocycles. The van der Waals surface area contributed by atoms with Gasteiger partial charge in [0.2, 0.25) is 0 Å². The molecule has 2 heterocycles. The number of nitrogens with zero attached hydrogens (tertiary/aromatic N) is 2. The molecule has 234 valence electrons. The highest BCUT2D eigenvalue weighted by Gasteiger charge is 2.45. The Balaban J connectivity index is 1.20. The van der Waals surface area contributed by atoms with Gasteiger partial charge in [0.15, 0.2) is 5.82 Å². The van der Waals surface area contributed by atoms with Crippen molar-refractivity contribution in [3.63, 3.8) is 0 Å². The highest BCUT2D eigenvalue weighted by Crippen LogP contribution is 2.58. The van der Waals surface area contributed by atoms with E-state index in [2.05, 4.69) is 121 Å². The zero-order valence-electron chi connectivity index (χ0n) is 27.2. The summed E-state index contributed by atoms with van der Waals surface area (Å²) in [7, 11) is 0. The number of hydrogen-bond acceptors (Lipinski definition) is 3. The third-order valence-electron chi connectivity index (χ3n) is 10.9. The summed E-state index contributed by atoms with van der Waals surface area (Å²) >= 11 is 0. The normalized spacial score (nSPS) is 14.7. The van der Waals surface area contributed by atoms with Crippen LogP contribution in [0.4, 0.5) is 0 Å². The van der Waals surface area contributed by atoms with E-state index in [-0.39, 0.29) is 5.41 Å². The van der Waals surface area contributed by atoms with Crippen molar-refractivity contribution in [3.05, 3.63) is 157 Å². The molecule has 0 bridgehead atoms. The third-order valence-corrected chi connectivity index (χ3v) is 10.9. The molecule has 0 saturated heterocycles. The molecule has 8 aromatic rings. The second-order valence-electron chi connectivity index (χ2n) is 13.6. The monoisotopic (exact) mass is 630 g/mol. The molecule has 0 N–H and O–H groups in total. The van der Waals surface area contributed by atoms with Gasteiger partial charge in [-0.05, 0) is 52.8 Å². The second-order valence-corrected chi connectivity index (χ2v) is 13.6. The van der Waals surface area contributed by atoms with E-state index in [4.69, 9.17) is 14.4 Å². The summed E-state index contributed by atoms with van der Waals surface area (Å²) in [6.07, 6.45) is 6.21. The van der Waals surface area contributed by atoms with Crippen LogP contribution >= 0.6 is 0 Å². The smallest absolute Gasteiger partial charge is 0.160 e. The number of aromatic nitrogens is 2. The minimum atomic E-state index is 0.0444. The van der Waals surface area contributed by atoms with Gasteiger partial charge in [-0.15, -0.1) is 0 Å². The minimum Gasteiger partial charge on any atom is -0.455 e. The quantitative estimate of drug-likeness (QED) is 0.194. The van der Waals surface area contributed by atoms with Crippen LogP contribution in [0.2, 0.25) is 0 Å². The number of benzene rings is 6. The molecule has 0 unspecified atom stereocenters. The lowest BCUT2D eigenvalue weighted by Gasteiger charge is -2.37. The molecule has 10 rings (SSSR count). The van der Waals surface area contributed by atoms with Crippen LogP contribution in [0.25, 0.3) is 78.1 Å². The summed E-state index contributed by atoms with van der Waals surface area (Å²) in [6, 6.07) is 51.8. The van der Waals surface area contributed by atoms with Crippen LogP contribution in [0.1, 0.15) is 43.2 Å². The van der Waals surface area contributed by atoms with Crippen LogP contribution in [-0.4, -0.2) is 9.97 Å². The van der Waals surface area contributed by atoms with Gasteiger partial charge in [-0.1, -0.05) is 153 Å². The maximum absolute atomic E-state index is 7.07. The van der Waals surface area contributed by atoms with Gasteiger partial charge in [0.1, 0.15) is 11.2 Å². The van der Waals surface area contributed by atoms with Crippen molar-refractivity contribution in [1.29, 1.82) is 0 Å². The number of furan rings is 1. The fourth-order valence-corrected chi connectivity index (χ4v) is 8.75. The van der Waals surface area contributed by atoms with Crippen LogP contribution in [-0.2, 0) is 5.41 Å². The van der Waals surface area contributed by atoms with Crippen molar-refractivity contribution in [2.24, 2.45) is 0 Å². The zero-order valence-corrected chi connectivity index (χ0v) is 27.2. The van der Waals surface area contributed by atoms with Gasteiger partial charge in [-0.2, -0.15) is 0 Å². The molecule has 1 spiro atoms. The van der Waals surface area contributed by atoms with E-state index in [1.54, 1.807) is 0 Å². The van der Waals surface area contributed by atoms with E-state index in [1.807, 2.05) is 24.3 Å². The fraction of sp³-hybridized carbons (Fsp3) is 0.130. The van der Waals surface area contributed by atoms with E-state index in [0.29, 0.717) is 5.82 Å². The third kappa shape index (κ3) is 4.35. The number of hydrogen-bond donors (Lipinski definition) is 0. The Labute approximate surface area is 285 Å². The summed E-state index contributed by atoms with van der Waals surface area (Å²) in [5.74, 6) is 0.697. The van der Waals surface area contributed by atoms with E-state index in [0.717, 1.165) is 55.6 Å². The summed E-state index contributed by atoms with van der Waals surface area (Å²) in [4.78, 5) is 10.2. The first kappa shape index (κ1) is 28.2. The molecule has 6 aromatic carbocycles. The molecule has 0 atom stereocenters. The van der Waals surface area contributed by atoms with Crippen LogP contribution in [0.5, 0.6) is 0 Å². The Kier molecular flexibility index (Phi) is 6.42. The number of rotatable bonds is 4. The van der Waals surface area contributed by atoms with Crippen molar-refractivity contribution in [1.82, 2.24) is 9.97 Å². The maximum Gasteiger partial charge on any atom is 0.160 e. The van der Waals surface area contributed by atoms with Crippen molar-refractivity contribution in [3.8, 4) is 56.2 Å². The Morgan fingerprint density at radius 1 is 0.449 bits per heavy atom. The molecular weight excluding hydrogens is 597 g/mol. The van der Waals surface area contributed by atoms with Gasteiger partial charge in [0.25, 0.3) is 0 Å². The van der Waals surface area contributed by atoms with Gasteiger partial charge in [-0.25, -0.2) is 9.97 Å². The standard InChI is InChI=1S/C46H34N2O/c1-4-15-30(16-5-1)40-29-41(48-45(47-40)31-17-6-2-7-18-31)38-25-14-24-37-36-23-13-22-35(43(36)49-44(37)38)34-21-12-20-33-32-19-8-9-26-39(32)46(42(33)34)27-10-3-11-28-46/h1-2,4-9,12-26,29H,3,10-11,27-28H2. The summed E-state index contributed by atoms with van der Waals surface area (Å²) < 4.78 is 7.07. The molecule has 1 fully saturated rings. The molecule has 49 heavy (non-hydrogen) atoms. The van der Waals surface area contributed by atoms with Gasteiger partial charge in [0.05, 0.1) is 11.4 Å². The molecule has 0 amide bonds. The fourth-order valence-electron chi connectivity index (χ4n) is 8.75. The number of para-hydroxylation sites is 2. The number of fused-ring (bicyclic) bond motifs is 8. The molecule has 2 aromatic heterocycles. The molecule has 2 aliphatic rings. The maximum atomic E-state index is 7.07.